The Morgan fingerprint density at radius 3 is 2.77 bits per heavy atom. The van der Waals surface area contributed by atoms with Crippen molar-refractivity contribution in [3.63, 3.8) is 0 Å². The highest BCUT2D eigenvalue weighted by Crippen LogP contribution is 2.26. The zero-order valence-corrected chi connectivity index (χ0v) is 17.2. The number of likely N-dealkylation sites (N-methyl/N-ethyl adjacent to an activating group) is 1. The second kappa shape index (κ2) is 7.95. The second-order valence-corrected chi connectivity index (χ2v) is 7.97. The van der Waals surface area contributed by atoms with Gasteiger partial charge in [-0.05, 0) is 12.0 Å². The third-order valence-electron chi connectivity index (χ3n) is 5.81. The fraction of sp³-hybridized carbons (Fsp3) is 0.381. The minimum Gasteiger partial charge on any atom is -0.337 e. The lowest BCUT2D eigenvalue weighted by Crippen LogP contribution is -2.47. The fourth-order valence-corrected chi connectivity index (χ4v) is 3.88. The first kappa shape index (κ1) is 19.4. The van der Waals surface area contributed by atoms with Gasteiger partial charge in [-0.1, -0.05) is 30.3 Å². The maximum atomic E-state index is 13.0. The van der Waals surface area contributed by atoms with Gasteiger partial charge in [0, 0.05) is 38.7 Å². The Balaban J connectivity index is 1.25. The van der Waals surface area contributed by atoms with E-state index in [4.69, 9.17) is 0 Å². The lowest BCUT2D eigenvalue weighted by molar-refractivity contribution is -0.120. The molecule has 160 valence electrons. The van der Waals surface area contributed by atoms with Gasteiger partial charge in [-0.2, -0.15) is 5.10 Å². The van der Waals surface area contributed by atoms with Gasteiger partial charge in [-0.25, -0.2) is 14.3 Å². The number of benzene rings is 1. The van der Waals surface area contributed by atoms with Gasteiger partial charge in [0.15, 0.2) is 0 Å². The first-order chi connectivity index (χ1) is 15.1. The summed E-state index contributed by atoms with van der Waals surface area (Å²) in [6.45, 7) is 2.89. The molecule has 0 saturated carbocycles. The van der Waals surface area contributed by atoms with E-state index in [1.807, 2.05) is 41.1 Å². The number of fused-ring (bicyclic) bond motifs is 1. The van der Waals surface area contributed by atoms with Crippen molar-refractivity contribution >= 4 is 17.6 Å². The lowest BCUT2D eigenvalue weighted by Gasteiger charge is -2.25. The van der Waals surface area contributed by atoms with Crippen LogP contribution in [0.3, 0.4) is 0 Å². The highest BCUT2D eigenvalue weighted by molar-refractivity contribution is 6.00. The lowest BCUT2D eigenvalue weighted by atomic mass is 10.00. The number of nitrogens with zero attached hydrogens (tertiary/aromatic N) is 6. The molecule has 3 aromatic rings. The number of carbonyl (C=O) groups excluding carboxylic acids is 2. The molecule has 1 atom stereocenters. The number of aromatic nitrogens is 5. The summed E-state index contributed by atoms with van der Waals surface area (Å²) in [5.74, 6) is 0.575. The maximum Gasteiger partial charge on any atom is 0.291 e. The van der Waals surface area contributed by atoms with Gasteiger partial charge < -0.3 is 10.6 Å². The molecule has 2 amide bonds. The average molecular weight is 420 g/mol. The molecule has 0 radical (unpaired) electrons. The molecule has 10 nitrogen and oxygen atoms in total. The summed E-state index contributed by atoms with van der Waals surface area (Å²) in [4.78, 5) is 31.4. The smallest absolute Gasteiger partial charge is 0.291 e. The van der Waals surface area contributed by atoms with Crippen LogP contribution >= 0.6 is 0 Å². The number of amides is 2. The van der Waals surface area contributed by atoms with Crippen LogP contribution in [0.4, 0.5) is 5.82 Å². The van der Waals surface area contributed by atoms with Crippen LogP contribution in [0.15, 0.2) is 42.7 Å². The standard InChI is InChI=1S/C21H24N8O2/c1-27-18-9-17(15-10-22-11-15)25-29(18)8-7-16(21(27)31)24-20(30)19-23-13-28(26-19)12-14-5-3-2-4-6-14/h2-6,9,13,15-16,22H,7-8,10-12H2,1H3,(H,24,30). The second-order valence-electron chi connectivity index (χ2n) is 7.97. The predicted octanol–water partition coefficient (Wildman–Crippen LogP) is 0.375. The molecule has 0 spiro atoms. The Hall–Kier alpha value is -3.53. The zero-order valence-electron chi connectivity index (χ0n) is 17.2. The van der Waals surface area contributed by atoms with E-state index in [1.54, 1.807) is 16.6 Å². The van der Waals surface area contributed by atoms with Crippen LogP contribution in [0, 0.1) is 0 Å². The van der Waals surface area contributed by atoms with Crippen molar-refractivity contribution in [3.05, 3.63) is 59.8 Å². The first-order valence-electron chi connectivity index (χ1n) is 10.4. The highest BCUT2D eigenvalue weighted by Gasteiger charge is 2.33. The van der Waals surface area contributed by atoms with Gasteiger partial charge in [0.2, 0.25) is 5.82 Å². The summed E-state index contributed by atoms with van der Waals surface area (Å²) in [7, 11) is 1.72. The first-order valence-corrected chi connectivity index (χ1v) is 10.4. The Morgan fingerprint density at radius 1 is 1.23 bits per heavy atom. The third-order valence-corrected chi connectivity index (χ3v) is 5.81. The Morgan fingerprint density at radius 2 is 2.03 bits per heavy atom. The molecule has 10 heteroatoms. The Labute approximate surface area is 179 Å². The maximum absolute atomic E-state index is 13.0. The SMILES string of the molecule is CN1C(=O)C(NC(=O)c2ncn(Cc3ccccc3)n2)CCn2nc(C3CNC3)cc21. The quantitative estimate of drug-likeness (QED) is 0.617. The van der Waals surface area contributed by atoms with Crippen molar-refractivity contribution in [1.82, 2.24) is 35.2 Å². The van der Waals surface area contributed by atoms with Gasteiger partial charge in [0.1, 0.15) is 18.2 Å². The van der Waals surface area contributed by atoms with Crippen molar-refractivity contribution in [3.8, 4) is 0 Å². The average Bonchev–Trinajstić information content (AvgIpc) is 3.34. The minimum atomic E-state index is -0.658. The van der Waals surface area contributed by atoms with Crippen molar-refractivity contribution in [2.75, 3.05) is 25.0 Å². The van der Waals surface area contributed by atoms with Crippen LogP contribution in [0.1, 0.15) is 34.2 Å². The third kappa shape index (κ3) is 3.81. The summed E-state index contributed by atoms with van der Waals surface area (Å²) >= 11 is 0. The molecule has 4 heterocycles. The summed E-state index contributed by atoms with van der Waals surface area (Å²) in [6.07, 6.45) is 1.98. The van der Waals surface area contributed by atoms with Crippen LogP contribution in [0.25, 0.3) is 0 Å². The number of aryl methyl sites for hydroxylation is 1. The Kier molecular flexibility index (Phi) is 4.99. The molecule has 1 saturated heterocycles. The van der Waals surface area contributed by atoms with E-state index in [2.05, 4.69) is 25.8 Å². The van der Waals surface area contributed by atoms with E-state index in [9.17, 15) is 9.59 Å². The van der Waals surface area contributed by atoms with Crippen LogP contribution in [-0.4, -0.2) is 62.5 Å². The van der Waals surface area contributed by atoms with E-state index >= 15 is 0 Å². The number of anilines is 1. The molecular weight excluding hydrogens is 396 g/mol. The van der Waals surface area contributed by atoms with Crippen molar-refractivity contribution in [2.45, 2.75) is 31.5 Å². The number of nitrogens with one attached hydrogen (secondary N) is 2. The number of carbonyl (C=O) groups is 2. The summed E-state index contributed by atoms with van der Waals surface area (Å²) in [5, 5.41) is 15.0. The van der Waals surface area contributed by atoms with Crippen LogP contribution in [-0.2, 0) is 17.9 Å². The molecule has 1 aromatic carbocycles. The van der Waals surface area contributed by atoms with Gasteiger partial charge in [-0.3, -0.25) is 14.5 Å². The monoisotopic (exact) mass is 420 g/mol. The van der Waals surface area contributed by atoms with Gasteiger partial charge in [0.25, 0.3) is 11.8 Å². The number of hydrogen-bond donors (Lipinski definition) is 2. The molecule has 1 fully saturated rings. The van der Waals surface area contributed by atoms with Crippen molar-refractivity contribution in [1.29, 1.82) is 0 Å². The molecule has 2 aliphatic heterocycles. The molecule has 1 unspecified atom stereocenters. The minimum absolute atomic E-state index is 0.0492. The van der Waals surface area contributed by atoms with Crippen LogP contribution < -0.4 is 15.5 Å². The molecule has 5 rings (SSSR count). The van der Waals surface area contributed by atoms with E-state index in [-0.39, 0.29) is 11.7 Å². The topological polar surface area (TPSA) is 110 Å². The van der Waals surface area contributed by atoms with Crippen LogP contribution in [0.2, 0.25) is 0 Å². The van der Waals surface area contributed by atoms with E-state index < -0.39 is 11.9 Å². The molecule has 31 heavy (non-hydrogen) atoms. The molecule has 2 aromatic heterocycles. The highest BCUT2D eigenvalue weighted by atomic mass is 16.2. The molecular formula is C21H24N8O2. The molecule has 2 N–H and O–H groups in total. The van der Waals surface area contributed by atoms with Gasteiger partial charge >= 0.3 is 0 Å². The summed E-state index contributed by atoms with van der Waals surface area (Å²) in [5.41, 5.74) is 2.07. The van der Waals surface area contributed by atoms with Crippen molar-refractivity contribution in [2.24, 2.45) is 0 Å². The van der Waals surface area contributed by atoms with Crippen LogP contribution in [0.5, 0.6) is 0 Å². The largest absolute Gasteiger partial charge is 0.337 e. The molecule has 2 aliphatic rings. The van der Waals surface area contributed by atoms with Gasteiger partial charge in [-0.15, -0.1) is 5.10 Å². The number of hydrogen-bond acceptors (Lipinski definition) is 6. The Bertz CT molecular complexity index is 1100. The number of rotatable bonds is 5. The zero-order chi connectivity index (χ0) is 21.4. The summed E-state index contributed by atoms with van der Waals surface area (Å²) in [6, 6.07) is 11.1. The van der Waals surface area contributed by atoms with Crippen molar-refractivity contribution < 1.29 is 9.59 Å². The summed E-state index contributed by atoms with van der Waals surface area (Å²) < 4.78 is 3.46. The molecule has 0 aliphatic carbocycles. The molecule has 0 bridgehead atoms. The van der Waals surface area contributed by atoms with Gasteiger partial charge in [0.05, 0.1) is 12.2 Å². The van der Waals surface area contributed by atoms with E-state index in [0.29, 0.717) is 25.4 Å². The van der Waals surface area contributed by atoms with E-state index in [0.717, 1.165) is 30.2 Å². The van der Waals surface area contributed by atoms with E-state index in [1.165, 1.54) is 6.33 Å². The predicted molar refractivity (Wildman–Crippen MR) is 113 cm³/mol. The normalized spacial score (nSPS) is 18.9. The fourth-order valence-electron chi connectivity index (χ4n) is 3.88.